The molecule has 0 unspecified atom stereocenters. The summed E-state index contributed by atoms with van der Waals surface area (Å²) in [6.07, 6.45) is 3.19. The van der Waals surface area contributed by atoms with Gasteiger partial charge in [-0.05, 0) is 12.3 Å². The van der Waals surface area contributed by atoms with E-state index in [9.17, 15) is 0 Å². The van der Waals surface area contributed by atoms with Gasteiger partial charge in [-0.15, -0.1) is 0 Å². The second kappa shape index (κ2) is 7.16. The molecule has 0 atom stereocenters. The van der Waals surface area contributed by atoms with E-state index in [1.54, 1.807) is 0 Å². The van der Waals surface area contributed by atoms with E-state index in [0.29, 0.717) is 5.92 Å². The molecule has 0 saturated carbocycles. The minimum absolute atomic E-state index is 0.440. The van der Waals surface area contributed by atoms with Crippen LogP contribution in [-0.4, -0.2) is 41.3 Å². The van der Waals surface area contributed by atoms with Crippen LogP contribution in [-0.2, 0) is 13.6 Å². The van der Waals surface area contributed by atoms with E-state index < -0.39 is 0 Å². The van der Waals surface area contributed by atoms with Gasteiger partial charge in [-0.3, -0.25) is 9.67 Å². The van der Waals surface area contributed by atoms with Crippen LogP contribution in [0.1, 0.15) is 44.4 Å². The summed E-state index contributed by atoms with van der Waals surface area (Å²) in [6.45, 7) is 8.27. The highest BCUT2D eigenvalue weighted by molar-refractivity contribution is 5.79. The van der Waals surface area contributed by atoms with Gasteiger partial charge in [0.05, 0.1) is 5.69 Å². The fourth-order valence-electron chi connectivity index (χ4n) is 2.11. The van der Waals surface area contributed by atoms with Crippen LogP contribution < -0.4 is 5.32 Å². The lowest BCUT2D eigenvalue weighted by molar-refractivity contribution is 0.473. The van der Waals surface area contributed by atoms with Crippen molar-refractivity contribution in [2.45, 2.75) is 39.7 Å². The molecule has 5 nitrogen and oxygen atoms in total. The highest BCUT2D eigenvalue weighted by Crippen LogP contribution is 2.18. The van der Waals surface area contributed by atoms with Crippen LogP contribution in [0.2, 0.25) is 0 Å². The van der Waals surface area contributed by atoms with Crippen LogP contribution in [0.4, 0.5) is 0 Å². The molecule has 0 aliphatic heterocycles. The molecule has 19 heavy (non-hydrogen) atoms. The Hall–Kier alpha value is -1.52. The molecule has 0 saturated heterocycles. The fourth-order valence-corrected chi connectivity index (χ4v) is 2.11. The Morgan fingerprint density at radius 2 is 2.21 bits per heavy atom. The number of hydrogen-bond acceptors (Lipinski definition) is 2. The summed E-state index contributed by atoms with van der Waals surface area (Å²) in [5.74, 6) is 1.37. The van der Waals surface area contributed by atoms with Gasteiger partial charge in [-0.2, -0.15) is 5.10 Å². The number of aromatic nitrogens is 2. The lowest BCUT2D eigenvalue weighted by atomic mass is 10.1. The van der Waals surface area contributed by atoms with Crippen LogP contribution in [0.3, 0.4) is 0 Å². The van der Waals surface area contributed by atoms with Crippen molar-refractivity contribution in [3.8, 4) is 0 Å². The highest BCUT2D eigenvalue weighted by Gasteiger charge is 2.14. The number of rotatable bonds is 5. The largest absolute Gasteiger partial charge is 0.356 e. The first kappa shape index (κ1) is 15.5. The first-order valence-corrected chi connectivity index (χ1v) is 6.93. The second-order valence-corrected chi connectivity index (χ2v) is 5.20. The van der Waals surface area contributed by atoms with Gasteiger partial charge in [-0.1, -0.05) is 20.8 Å². The zero-order valence-corrected chi connectivity index (χ0v) is 13.1. The predicted molar refractivity (Wildman–Crippen MR) is 80.4 cm³/mol. The second-order valence-electron chi connectivity index (χ2n) is 5.20. The van der Waals surface area contributed by atoms with Gasteiger partial charge in [0.25, 0.3) is 0 Å². The predicted octanol–water partition coefficient (Wildman–Crippen LogP) is 1.96. The Balaban J connectivity index is 2.78. The first-order chi connectivity index (χ1) is 8.99. The van der Waals surface area contributed by atoms with Crippen molar-refractivity contribution in [3.63, 3.8) is 0 Å². The Kier molecular flexibility index (Phi) is 5.86. The van der Waals surface area contributed by atoms with Gasteiger partial charge < -0.3 is 10.2 Å². The number of nitrogens with one attached hydrogen (secondary N) is 1. The first-order valence-electron chi connectivity index (χ1n) is 6.93. The molecule has 0 aromatic carbocycles. The lowest BCUT2D eigenvalue weighted by Crippen LogP contribution is -2.38. The van der Waals surface area contributed by atoms with E-state index in [2.05, 4.69) is 54.3 Å². The monoisotopic (exact) mass is 265 g/mol. The van der Waals surface area contributed by atoms with Crippen molar-refractivity contribution in [1.82, 2.24) is 20.0 Å². The van der Waals surface area contributed by atoms with E-state index in [-0.39, 0.29) is 0 Å². The van der Waals surface area contributed by atoms with Gasteiger partial charge in [0.15, 0.2) is 5.96 Å². The minimum atomic E-state index is 0.440. The minimum Gasteiger partial charge on any atom is -0.356 e. The summed E-state index contributed by atoms with van der Waals surface area (Å²) in [5.41, 5.74) is 2.43. The van der Waals surface area contributed by atoms with Crippen molar-refractivity contribution in [2.24, 2.45) is 12.0 Å². The molecule has 5 heteroatoms. The molecule has 108 valence electrons. The molecule has 0 radical (unpaired) electrons. The Morgan fingerprint density at radius 3 is 2.74 bits per heavy atom. The van der Waals surface area contributed by atoms with Crippen molar-refractivity contribution in [2.75, 3.05) is 20.6 Å². The summed E-state index contributed by atoms with van der Waals surface area (Å²) in [4.78, 5) is 6.44. The zero-order valence-electron chi connectivity index (χ0n) is 13.1. The normalized spacial score (nSPS) is 12.1. The smallest absolute Gasteiger partial charge is 0.193 e. The third-order valence-electron chi connectivity index (χ3n) is 3.00. The van der Waals surface area contributed by atoms with Crippen molar-refractivity contribution < 1.29 is 0 Å². The van der Waals surface area contributed by atoms with E-state index in [0.717, 1.165) is 25.5 Å². The quantitative estimate of drug-likeness (QED) is 0.654. The van der Waals surface area contributed by atoms with Crippen LogP contribution in [0.5, 0.6) is 0 Å². The molecule has 1 heterocycles. The molecule has 1 N–H and O–H groups in total. The zero-order chi connectivity index (χ0) is 14.4. The molecule has 0 spiro atoms. The fraction of sp³-hybridized carbons (Fsp3) is 0.714. The highest BCUT2D eigenvalue weighted by atomic mass is 15.3. The molecule has 0 amide bonds. The molecular weight excluding hydrogens is 238 g/mol. The van der Waals surface area contributed by atoms with E-state index in [1.807, 2.05) is 18.8 Å². The van der Waals surface area contributed by atoms with Crippen molar-refractivity contribution in [1.29, 1.82) is 0 Å². The van der Waals surface area contributed by atoms with Crippen LogP contribution >= 0.6 is 0 Å². The van der Waals surface area contributed by atoms with Gasteiger partial charge in [-0.25, -0.2) is 0 Å². The Bertz CT molecular complexity index is 419. The number of aliphatic imine (C=N–C) groups is 1. The summed E-state index contributed by atoms with van der Waals surface area (Å²) < 4.78 is 1.89. The van der Waals surface area contributed by atoms with Gasteiger partial charge in [0, 0.05) is 46.0 Å². The molecule has 0 aliphatic carbocycles. The van der Waals surface area contributed by atoms with Crippen LogP contribution in [0.25, 0.3) is 0 Å². The van der Waals surface area contributed by atoms with Crippen molar-refractivity contribution in [3.05, 3.63) is 17.5 Å². The summed E-state index contributed by atoms with van der Waals surface area (Å²) in [7, 11) is 5.85. The summed E-state index contributed by atoms with van der Waals surface area (Å²) in [5, 5.41) is 7.88. The average molecular weight is 265 g/mol. The summed E-state index contributed by atoms with van der Waals surface area (Å²) in [6, 6.07) is 0. The summed E-state index contributed by atoms with van der Waals surface area (Å²) >= 11 is 0. The molecule has 1 aromatic rings. The van der Waals surface area contributed by atoms with Gasteiger partial charge in [0.2, 0.25) is 0 Å². The number of aryl methyl sites for hydroxylation is 1. The lowest BCUT2D eigenvalue weighted by Gasteiger charge is -2.22. The number of guanidine groups is 1. The molecule has 0 aliphatic rings. The van der Waals surface area contributed by atoms with Crippen LogP contribution in [0.15, 0.2) is 11.2 Å². The van der Waals surface area contributed by atoms with Gasteiger partial charge >= 0.3 is 0 Å². The third-order valence-corrected chi connectivity index (χ3v) is 3.00. The van der Waals surface area contributed by atoms with E-state index in [1.165, 1.54) is 11.3 Å². The molecule has 0 bridgehead atoms. The molecular formula is C14H27N5. The van der Waals surface area contributed by atoms with E-state index in [4.69, 9.17) is 0 Å². The topological polar surface area (TPSA) is 45.5 Å². The molecule has 0 fully saturated rings. The Labute approximate surface area is 116 Å². The van der Waals surface area contributed by atoms with Gasteiger partial charge in [0.1, 0.15) is 0 Å². The number of nitrogens with zero attached hydrogens (tertiary/aromatic N) is 4. The maximum atomic E-state index is 4.54. The SMILES string of the molecule is CCCNC(=NC)N(C)Cc1cn(C)nc1C(C)C. The average Bonchev–Trinajstić information content (AvgIpc) is 2.71. The standard InChI is InChI=1S/C14H27N5/c1-7-8-16-14(15-4)18(5)9-12-10-19(6)17-13(12)11(2)3/h10-11H,7-9H2,1-6H3,(H,15,16). The van der Waals surface area contributed by atoms with E-state index >= 15 is 0 Å². The van der Waals surface area contributed by atoms with Crippen LogP contribution in [0, 0.1) is 0 Å². The molecule has 1 aromatic heterocycles. The molecule has 1 rings (SSSR count). The third kappa shape index (κ3) is 4.26. The van der Waals surface area contributed by atoms with Crippen molar-refractivity contribution >= 4 is 5.96 Å². The maximum absolute atomic E-state index is 4.54. The Morgan fingerprint density at radius 1 is 1.53 bits per heavy atom. The maximum Gasteiger partial charge on any atom is 0.193 e. The number of hydrogen-bond donors (Lipinski definition) is 1.